The molecule has 0 radical (unpaired) electrons. The van der Waals surface area contributed by atoms with Gasteiger partial charge < -0.3 is 16.0 Å². The Bertz CT molecular complexity index is 632. The Morgan fingerprint density at radius 3 is 2.54 bits per heavy atom. The van der Waals surface area contributed by atoms with Crippen LogP contribution in [0.25, 0.3) is 5.57 Å². The number of aryl methyl sites for hydroxylation is 1. The Labute approximate surface area is 171 Å². The maximum atomic E-state index is 7.55. The van der Waals surface area contributed by atoms with Crippen LogP contribution in [0.1, 0.15) is 88.2 Å². The second-order valence-corrected chi connectivity index (χ2v) is 8.03. The lowest BCUT2D eigenvalue weighted by molar-refractivity contribution is 0.224. The predicted octanol–water partition coefficient (Wildman–Crippen LogP) is 5.18. The van der Waals surface area contributed by atoms with Crippen LogP contribution < -0.4 is 5.73 Å². The fourth-order valence-corrected chi connectivity index (χ4v) is 3.91. The topological polar surface area (TPSA) is 78.9 Å². The number of nitrogen functional groups attached to an aromatic ring is 1. The van der Waals surface area contributed by atoms with Crippen LogP contribution in [0.5, 0.6) is 0 Å². The Kier molecular flexibility index (Phi) is 10.2. The maximum absolute atomic E-state index is 7.55. The first-order valence-electron chi connectivity index (χ1n) is 11.2. The molecule has 5 nitrogen and oxygen atoms in total. The summed E-state index contributed by atoms with van der Waals surface area (Å²) in [6.07, 6.45) is 16.3. The number of allylic oxidation sites excluding steroid dienone is 2. The number of nitrogens with one attached hydrogen (secondary N) is 1. The number of nitrogens with zero attached hydrogens (tertiary/aromatic N) is 3. The molecule has 28 heavy (non-hydrogen) atoms. The van der Waals surface area contributed by atoms with Crippen LogP contribution in [0, 0.1) is 12.3 Å². The Balaban J connectivity index is 1.86. The van der Waals surface area contributed by atoms with E-state index in [-0.39, 0.29) is 0 Å². The highest BCUT2D eigenvalue weighted by Crippen LogP contribution is 2.25. The van der Waals surface area contributed by atoms with Gasteiger partial charge in [-0.25, -0.2) is 9.97 Å². The molecule has 3 N–H and O–H groups in total. The molecule has 0 atom stereocenters. The Morgan fingerprint density at radius 2 is 1.82 bits per heavy atom. The number of hydrogen-bond acceptors (Lipinski definition) is 5. The molecule has 1 saturated heterocycles. The minimum atomic E-state index is 0.577. The van der Waals surface area contributed by atoms with E-state index in [1.54, 1.807) is 0 Å². The van der Waals surface area contributed by atoms with Crippen LogP contribution in [-0.4, -0.2) is 40.7 Å². The van der Waals surface area contributed by atoms with E-state index in [0.29, 0.717) is 5.82 Å². The van der Waals surface area contributed by atoms with E-state index in [1.807, 2.05) is 13.0 Å². The van der Waals surface area contributed by atoms with Gasteiger partial charge in [0.1, 0.15) is 11.6 Å². The van der Waals surface area contributed by atoms with Gasteiger partial charge in [0, 0.05) is 18.2 Å². The van der Waals surface area contributed by atoms with Crippen LogP contribution in [0.3, 0.4) is 0 Å². The highest BCUT2D eigenvalue weighted by atomic mass is 15.1. The SMILES string of the molecule is CCCCc1nc(N)c(C)c(/C(=C\C=N)CCCCCCN2CCCCC2)n1. The van der Waals surface area contributed by atoms with Crippen LogP contribution in [-0.2, 0) is 6.42 Å². The van der Waals surface area contributed by atoms with E-state index in [2.05, 4.69) is 16.8 Å². The van der Waals surface area contributed by atoms with Crippen molar-refractivity contribution >= 4 is 17.6 Å². The van der Waals surface area contributed by atoms with Gasteiger partial charge in [0.25, 0.3) is 0 Å². The third-order valence-electron chi connectivity index (χ3n) is 5.69. The smallest absolute Gasteiger partial charge is 0.131 e. The predicted molar refractivity (Wildman–Crippen MR) is 120 cm³/mol. The number of piperidine rings is 1. The molecule has 1 aliphatic heterocycles. The fraction of sp³-hybridized carbons (Fsp3) is 0.696. The van der Waals surface area contributed by atoms with Crippen molar-refractivity contribution in [2.75, 3.05) is 25.4 Å². The third-order valence-corrected chi connectivity index (χ3v) is 5.69. The molecule has 2 rings (SSSR count). The third kappa shape index (κ3) is 7.34. The summed E-state index contributed by atoms with van der Waals surface area (Å²) in [6.45, 7) is 8.00. The minimum absolute atomic E-state index is 0.577. The van der Waals surface area contributed by atoms with Gasteiger partial charge in [0.2, 0.25) is 0 Å². The van der Waals surface area contributed by atoms with Crippen molar-refractivity contribution in [2.45, 2.75) is 84.5 Å². The number of anilines is 1. The minimum Gasteiger partial charge on any atom is -0.383 e. The van der Waals surface area contributed by atoms with E-state index < -0.39 is 0 Å². The zero-order valence-corrected chi connectivity index (χ0v) is 18.0. The first-order chi connectivity index (χ1) is 13.7. The molecule has 1 aliphatic rings. The summed E-state index contributed by atoms with van der Waals surface area (Å²) >= 11 is 0. The standard InChI is InChI=1S/C23H39N5/c1-3-4-13-21-26-22(19(2)23(25)27-21)20(14-15-24)12-8-5-6-9-16-28-17-10-7-11-18-28/h14-15,24H,3-13,16-18H2,1-2H3,(H2,25,26,27)/b20-14-,24-15?. The lowest BCUT2D eigenvalue weighted by atomic mass is 10.00. The molecule has 0 bridgehead atoms. The van der Waals surface area contributed by atoms with Crippen molar-refractivity contribution in [1.82, 2.24) is 14.9 Å². The summed E-state index contributed by atoms with van der Waals surface area (Å²) in [4.78, 5) is 11.9. The van der Waals surface area contributed by atoms with Crippen molar-refractivity contribution in [3.63, 3.8) is 0 Å². The molecule has 0 saturated carbocycles. The van der Waals surface area contributed by atoms with Crippen LogP contribution in [0.2, 0.25) is 0 Å². The molecule has 156 valence electrons. The van der Waals surface area contributed by atoms with Gasteiger partial charge in [0.05, 0.1) is 5.69 Å². The lowest BCUT2D eigenvalue weighted by Gasteiger charge is -2.26. The van der Waals surface area contributed by atoms with Crippen LogP contribution in [0.15, 0.2) is 6.08 Å². The van der Waals surface area contributed by atoms with Crippen molar-refractivity contribution in [1.29, 1.82) is 5.41 Å². The summed E-state index contributed by atoms with van der Waals surface area (Å²) in [6, 6.07) is 0. The number of rotatable bonds is 12. The van der Waals surface area contributed by atoms with Gasteiger partial charge in [-0.1, -0.05) is 32.6 Å². The van der Waals surface area contributed by atoms with Gasteiger partial charge in [-0.15, -0.1) is 0 Å². The van der Waals surface area contributed by atoms with E-state index in [9.17, 15) is 0 Å². The molecular formula is C23H39N5. The molecule has 0 aliphatic carbocycles. The van der Waals surface area contributed by atoms with Gasteiger partial charge in [-0.3, -0.25) is 0 Å². The van der Waals surface area contributed by atoms with Crippen molar-refractivity contribution in [3.05, 3.63) is 23.2 Å². The number of unbranched alkanes of at least 4 members (excludes halogenated alkanes) is 4. The highest BCUT2D eigenvalue weighted by Gasteiger charge is 2.13. The normalized spacial score (nSPS) is 15.7. The van der Waals surface area contributed by atoms with Crippen LogP contribution in [0.4, 0.5) is 5.82 Å². The molecule has 1 fully saturated rings. The molecule has 1 aromatic rings. The highest BCUT2D eigenvalue weighted by molar-refractivity contribution is 5.83. The quantitative estimate of drug-likeness (QED) is 0.384. The first kappa shape index (κ1) is 22.5. The molecule has 0 aromatic carbocycles. The van der Waals surface area contributed by atoms with Gasteiger partial charge in [0.15, 0.2) is 0 Å². The number of nitrogens with two attached hydrogens (primary N) is 1. The van der Waals surface area contributed by atoms with E-state index in [1.165, 1.54) is 64.4 Å². The van der Waals surface area contributed by atoms with Crippen LogP contribution >= 0.6 is 0 Å². The monoisotopic (exact) mass is 385 g/mol. The Morgan fingerprint density at radius 1 is 1.07 bits per heavy atom. The first-order valence-corrected chi connectivity index (χ1v) is 11.2. The van der Waals surface area contributed by atoms with Gasteiger partial charge in [-0.2, -0.15) is 0 Å². The van der Waals surface area contributed by atoms with Crippen molar-refractivity contribution < 1.29 is 0 Å². The largest absolute Gasteiger partial charge is 0.383 e. The molecule has 1 aromatic heterocycles. The molecule has 0 amide bonds. The molecule has 2 heterocycles. The van der Waals surface area contributed by atoms with Gasteiger partial charge >= 0.3 is 0 Å². The summed E-state index contributed by atoms with van der Waals surface area (Å²) in [5.74, 6) is 1.41. The summed E-state index contributed by atoms with van der Waals surface area (Å²) in [5.41, 5.74) is 9.16. The average Bonchev–Trinajstić information content (AvgIpc) is 2.71. The fourth-order valence-electron chi connectivity index (χ4n) is 3.91. The molecule has 5 heteroatoms. The van der Waals surface area contributed by atoms with Crippen molar-refractivity contribution in [3.8, 4) is 0 Å². The summed E-state index contributed by atoms with van der Waals surface area (Å²) in [5, 5.41) is 7.55. The zero-order valence-electron chi connectivity index (χ0n) is 18.0. The number of hydrogen-bond donors (Lipinski definition) is 2. The van der Waals surface area contributed by atoms with Crippen molar-refractivity contribution in [2.24, 2.45) is 0 Å². The molecule has 0 spiro atoms. The lowest BCUT2D eigenvalue weighted by Crippen LogP contribution is -2.30. The van der Waals surface area contributed by atoms with Gasteiger partial charge in [-0.05, 0) is 76.7 Å². The van der Waals surface area contributed by atoms with E-state index in [4.69, 9.17) is 16.1 Å². The number of likely N-dealkylation sites (tertiary alicyclic amines) is 1. The van der Waals surface area contributed by atoms with E-state index in [0.717, 1.165) is 54.8 Å². The molecular weight excluding hydrogens is 346 g/mol. The zero-order chi connectivity index (χ0) is 20.2. The maximum Gasteiger partial charge on any atom is 0.131 e. The second kappa shape index (κ2) is 12.7. The molecule has 0 unspecified atom stereocenters. The average molecular weight is 386 g/mol. The summed E-state index contributed by atoms with van der Waals surface area (Å²) in [7, 11) is 0. The number of aromatic nitrogens is 2. The Hall–Kier alpha value is -1.75. The summed E-state index contributed by atoms with van der Waals surface area (Å²) < 4.78 is 0. The van der Waals surface area contributed by atoms with E-state index >= 15 is 0 Å². The second-order valence-electron chi connectivity index (χ2n) is 8.03.